The lowest BCUT2D eigenvalue weighted by Crippen LogP contribution is -2.13. The number of carbonyl (C=O) groups is 1. The van der Waals surface area contributed by atoms with Gasteiger partial charge in [0.25, 0.3) is 0 Å². The number of carbonyl (C=O) groups excluding carboxylic acids is 1. The van der Waals surface area contributed by atoms with Crippen molar-refractivity contribution in [2.24, 2.45) is 0 Å². The number of phenolic OH excluding ortho intramolecular Hbond substituents is 1. The molecular weight excluding hydrogens is 352 g/mol. The fourth-order valence-electron chi connectivity index (χ4n) is 3.42. The molecule has 1 aromatic heterocycles. The van der Waals surface area contributed by atoms with Gasteiger partial charge in [-0.05, 0) is 29.8 Å². The summed E-state index contributed by atoms with van der Waals surface area (Å²) in [5, 5.41) is 19.7. The van der Waals surface area contributed by atoms with Gasteiger partial charge < -0.3 is 9.84 Å². The highest BCUT2D eigenvalue weighted by Crippen LogP contribution is 2.38. The average Bonchev–Trinajstić information content (AvgIpc) is 2.85. The van der Waals surface area contributed by atoms with Crippen molar-refractivity contribution >= 4 is 18.1 Å². The second kappa shape index (κ2) is 7.01. The van der Waals surface area contributed by atoms with Crippen molar-refractivity contribution in [1.82, 2.24) is 4.98 Å². The van der Waals surface area contributed by atoms with Gasteiger partial charge in [0.2, 0.25) is 0 Å². The number of nitrogens with zero attached hydrogens (tertiary/aromatic N) is 2. The summed E-state index contributed by atoms with van der Waals surface area (Å²) in [7, 11) is 0. The predicted octanol–water partition coefficient (Wildman–Crippen LogP) is 4.46. The summed E-state index contributed by atoms with van der Waals surface area (Å²) < 4.78 is 5.65. The zero-order valence-electron chi connectivity index (χ0n) is 15.1. The van der Waals surface area contributed by atoms with Crippen LogP contribution in [0.3, 0.4) is 0 Å². The zero-order valence-corrected chi connectivity index (χ0v) is 15.1. The van der Waals surface area contributed by atoms with E-state index in [0.717, 1.165) is 5.56 Å². The lowest BCUT2D eigenvalue weighted by Gasteiger charge is -2.21. The van der Waals surface area contributed by atoms with Gasteiger partial charge in [-0.15, -0.1) is 0 Å². The molecule has 0 amide bonds. The lowest BCUT2D eigenvalue weighted by atomic mass is 9.93. The van der Waals surface area contributed by atoms with Crippen molar-refractivity contribution in [3.05, 3.63) is 82.7 Å². The first kappa shape index (κ1) is 17.5. The average molecular weight is 368 g/mol. The number of para-hydroxylation sites is 1. The Hall–Kier alpha value is -3.91. The standard InChI is InChI=1S/C23H16N2O3/c1-14(26)28-23-19-7-4-5-15(12-24)17(19)9-10-21-20(23)11-16(13-25-21)18-6-2-3-8-22(18)27/h2-11,13,23,27H,1H3. The van der Waals surface area contributed by atoms with Crippen molar-refractivity contribution in [3.63, 3.8) is 0 Å². The molecule has 4 rings (SSSR count). The van der Waals surface area contributed by atoms with E-state index in [1.165, 1.54) is 6.92 Å². The third-order valence-electron chi connectivity index (χ3n) is 4.68. The van der Waals surface area contributed by atoms with Gasteiger partial charge in [-0.1, -0.05) is 36.4 Å². The Kier molecular flexibility index (Phi) is 4.38. The number of fused-ring (bicyclic) bond motifs is 2. The maximum atomic E-state index is 11.8. The minimum absolute atomic E-state index is 0.143. The van der Waals surface area contributed by atoms with E-state index in [2.05, 4.69) is 11.1 Å². The fraction of sp³-hybridized carbons (Fsp3) is 0.0870. The molecule has 1 N–H and O–H groups in total. The summed E-state index contributed by atoms with van der Waals surface area (Å²) in [6.45, 7) is 1.35. The minimum atomic E-state index is -0.705. The molecule has 0 bridgehead atoms. The Balaban J connectivity index is 1.94. The highest BCUT2D eigenvalue weighted by molar-refractivity contribution is 5.80. The zero-order chi connectivity index (χ0) is 19.7. The highest BCUT2D eigenvalue weighted by Gasteiger charge is 2.27. The first-order valence-corrected chi connectivity index (χ1v) is 8.75. The van der Waals surface area contributed by atoms with Crippen LogP contribution in [0.5, 0.6) is 5.75 Å². The lowest BCUT2D eigenvalue weighted by molar-refractivity contribution is -0.144. The van der Waals surface area contributed by atoms with E-state index in [1.54, 1.807) is 36.5 Å². The SMILES string of the molecule is CC(=O)OC1c2cc(-c3ccccc3O)cnc2C=Cc2c(C#N)cccc21. The first-order valence-electron chi connectivity index (χ1n) is 8.75. The van der Waals surface area contributed by atoms with E-state index in [9.17, 15) is 15.2 Å². The Bertz CT molecular complexity index is 1160. The summed E-state index contributed by atoms with van der Waals surface area (Å²) in [6.07, 6.45) is 4.60. The van der Waals surface area contributed by atoms with Gasteiger partial charge in [-0.3, -0.25) is 9.78 Å². The van der Waals surface area contributed by atoms with Gasteiger partial charge in [0.1, 0.15) is 5.75 Å². The number of benzene rings is 2. The molecule has 3 aromatic rings. The largest absolute Gasteiger partial charge is 0.507 e. The smallest absolute Gasteiger partial charge is 0.303 e. The van der Waals surface area contributed by atoms with Crippen LogP contribution in [0.4, 0.5) is 0 Å². The Morgan fingerprint density at radius 3 is 2.71 bits per heavy atom. The van der Waals surface area contributed by atoms with Gasteiger partial charge in [0.15, 0.2) is 6.10 Å². The van der Waals surface area contributed by atoms with Gasteiger partial charge in [0, 0.05) is 35.4 Å². The molecule has 5 heteroatoms. The van der Waals surface area contributed by atoms with Crippen molar-refractivity contribution in [2.45, 2.75) is 13.0 Å². The minimum Gasteiger partial charge on any atom is -0.507 e. The summed E-state index contributed by atoms with van der Waals surface area (Å²) in [4.78, 5) is 16.4. The summed E-state index contributed by atoms with van der Waals surface area (Å²) in [6, 6.07) is 16.4. The van der Waals surface area contributed by atoms with E-state index < -0.39 is 12.1 Å². The molecule has 1 unspecified atom stereocenters. The third-order valence-corrected chi connectivity index (χ3v) is 4.68. The Morgan fingerprint density at radius 1 is 1.14 bits per heavy atom. The Labute approximate surface area is 162 Å². The molecular formula is C23H16N2O3. The summed E-state index contributed by atoms with van der Waals surface area (Å²) >= 11 is 0. The number of esters is 1. The van der Waals surface area contributed by atoms with Crippen LogP contribution in [0.2, 0.25) is 0 Å². The third kappa shape index (κ3) is 3.01. The topological polar surface area (TPSA) is 83.2 Å². The molecule has 0 saturated carbocycles. The number of phenols is 1. The molecule has 28 heavy (non-hydrogen) atoms. The van der Waals surface area contributed by atoms with E-state index in [1.807, 2.05) is 30.4 Å². The van der Waals surface area contributed by atoms with Crippen molar-refractivity contribution in [3.8, 4) is 22.9 Å². The quantitative estimate of drug-likeness (QED) is 0.675. The first-order chi connectivity index (χ1) is 13.6. The molecule has 0 radical (unpaired) electrons. The molecule has 1 atom stereocenters. The van der Waals surface area contributed by atoms with Crippen LogP contribution < -0.4 is 0 Å². The molecule has 0 fully saturated rings. The molecule has 0 aliphatic heterocycles. The van der Waals surface area contributed by atoms with Crippen molar-refractivity contribution in [1.29, 1.82) is 5.26 Å². The van der Waals surface area contributed by atoms with Crippen molar-refractivity contribution in [2.75, 3.05) is 0 Å². The van der Waals surface area contributed by atoms with E-state index in [4.69, 9.17) is 4.74 Å². The van der Waals surface area contributed by atoms with Crippen LogP contribution >= 0.6 is 0 Å². The summed E-state index contributed by atoms with van der Waals surface area (Å²) in [5.41, 5.74) is 4.62. The number of ether oxygens (including phenoxy) is 1. The van der Waals surface area contributed by atoms with Crippen molar-refractivity contribution < 1.29 is 14.6 Å². The number of aromatic nitrogens is 1. The maximum Gasteiger partial charge on any atom is 0.303 e. The second-order valence-corrected chi connectivity index (χ2v) is 6.46. The number of hydrogen-bond acceptors (Lipinski definition) is 5. The van der Waals surface area contributed by atoms with E-state index in [0.29, 0.717) is 33.5 Å². The van der Waals surface area contributed by atoms with Gasteiger partial charge >= 0.3 is 5.97 Å². The number of pyridine rings is 1. The number of hydrogen-bond donors (Lipinski definition) is 1. The fourth-order valence-corrected chi connectivity index (χ4v) is 3.42. The molecule has 5 nitrogen and oxygen atoms in total. The van der Waals surface area contributed by atoms with Crippen LogP contribution in [0.1, 0.15) is 41.0 Å². The van der Waals surface area contributed by atoms with Gasteiger partial charge in [-0.25, -0.2) is 0 Å². The molecule has 136 valence electrons. The molecule has 0 spiro atoms. The van der Waals surface area contributed by atoms with Gasteiger partial charge in [-0.2, -0.15) is 5.26 Å². The second-order valence-electron chi connectivity index (χ2n) is 6.46. The van der Waals surface area contributed by atoms with Crippen LogP contribution in [0, 0.1) is 11.3 Å². The molecule has 2 aromatic carbocycles. The van der Waals surface area contributed by atoms with Gasteiger partial charge in [0.05, 0.1) is 17.3 Å². The number of nitriles is 1. The van der Waals surface area contributed by atoms with Crippen LogP contribution in [0.25, 0.3) is 23.3 Å². The molecule has 1 aliphatic rings. The van der Waals surface area contributed by atoms with E-state index >= 15 is 0 Å². The molecule has 1 heterocycles. The predicted molar refractivity (Wildman–Crippen MR) is 105 cm³/mol. The monoisotopic (exact) mass is 368 g/mol. The van der Waals surface area contributed by atoms with Crippen LogP contribution in [-0.4, -0.2) is 16.1 Å². The molecule has 1 aliphatic carbocycles. The number of rotatable bonds is 2. The number of aromatic hydroxyl groups is 1. The van der Waals surface area contributed by atoms with Crippen LogP contribution in [-0.2, 0) is 9.53 Å². The normalized spacial score (nSPS) is 14.4. The maximum absolute atomic E-state index is 11.8. The van der Waals surface area contributed by atoms with E-state index in [-0.39, 0.29) is 5.75 Å². The Morgan fingerprint density at radius 2 is 1.96 bits per heavy atom. The molecule has 0 saturated heterocycles. The summed E-state index contributed by atoms with van der Waals surface area (Å²) in [5.74, 6) is -0.288. The van der Waals surface area contributed by atoms with Crippen LogP contribution in [0.15, 0.2) is 54.7 Å². The highest BCUT2D eigenvalue weighted by atomic mass is 16.5.